The topological polar surface area (TPSA) is 124 Å². The van der Waals surface area contributed by atoms with Gasteiger partial charge in [-0.2, -0.15) is 0 Å². The van der Waals surface area contributed by atoms with Gasteiger partial charge in [0.05, 0.1) is 29.3 Å². The van der Waals surface area contributed by atoms with Crippen LogP contribution in [-0.2, 0) is 10.0 Å². The minimum absolute atomic E-state index is 0.256. The number of aromatic nitrogens is 1. The quantitative estimate of drug-likeness (QED) is 0.522. The first-order valence-electron chi connectivity index (χ1n) is 11.9. The van der Waals surface area contributed by atoms with Gasteiger partial charge in [0.1, 0.15) is 5.82 Å². The number of nitrogens with one attached hydrogen (secondary N) is 3. The molecule has 34 heavy (non-hydrogen) atoms. The van der Waals surface area contributed by atoms with Crippen LogP contribution in [0.5, 0.6) is 0 Å². The number of rotatable bonds is 4. The van der Waals surface area contributed by atoms with E-state index in [2.05, 4.69) is 25.2 Å². The molecule has 2 aliphatic heterocycles. The summed E-state index contributed by atoms with van der Waals surface area (Å²) in [4.78, 5) is 20.1. The van der Waals surface area contributed by atoms with Crippen molar-refractivity contribution in [2.75, 3.05) is 52.2 Å². The fourth-order valence-corrected chi connectivity index (χ4v) is 5.55. The number of aliphatic hydroxyl groups is 1. The van der Waals surface area contributed by atoms with Crippen LogP contribution in [0.4, 0.5) is 22.9 Å². The molecule has 0 radical (unpaired) electrons. The van der Waals surface area contributed by atoms with Gasteiger partial charge in [0.25, 0.3) is 5.91 Å². The van der Waals surface area contributed by atoms with E-state index in [1.807, 2.05) is 19.1 Å². The second-order valence-corrected chi connectivity index (χ2v) is 10.9. The molecule has 1 aromatic heterocycles. The number of hydrogen-bond donors (Lipinski definition) is 4. The maximum Gasteiger partial charge on any atom is 0.257 e. The fraction of sp³-hybridized carbons (Fsp3) is 0.500. The smallest absolute Gasteiger partial charge is 0.257 e. The summed E-state index contributed by atoms with van der Waals surface area (Å²) in [7, 11) is -3.67. The van der Waals surface area contributed by atoms with Gasteiger partial charge in [0, 0.05) is 37.1 Å². The third kappa shape index (κ3) is 6.18. The highest BCUT2D eigenvalue weighted by Crippen LogP contribution is 2.32. The summed E-state index contributed by atoms with van der Waals surface area (Å²) in [6.07, 6.45) is 5.43. The van der Waals surface area contributed by atoms with E-state index in [0.29, 0.717) is 28.5 Å². The van der Waals surface area contributed by atoms with Gasteiger partial charge in [-0.25, -0.2) is 13.4 Å². The van der Waals surface area contributed by atoms with Gasteiger partial charge in [-0.1, -0.05) is 6.42 Å². The Morgan fingerprint density at radius 1 is 1.18 bits per heavy atom. The summed E-state index contributed by atoms with van der Waals surface area (Å²) < 4.78 is 26.9. The van der Waals surface area contributed by atoms with E-state index >= 15 is 0 Å². The number of fused-ring (bicyclic) bond motifs is 6. The minimum Gasteiger partial charge on any atom is -0.395 e. The number of anilines is 4. The van der Waals surface area contributed by atoms with Gasteiger partial charge in [0.15, 0.2) is 0 Å². The Kier molecular flexibility index (Phi) is 7.57. The highest BCUT2D eigenvalue weighted by Gasteiger charge is 2.25. The molecule has 0 saturated carbocycles. The number of pyridine rings is 1. The standard InChI is InChI=1S/C24H33N5O4S/c1-17-13-20-15-23(26-17)25-9-3-2-5-18-6-4-10-29(16-18)22-14-19(28-34(32,33)12-11-30)7-8-21(22)24(31)27-20/h7-8,13-15,18,28,30H,2-6,9-12,16H2,1H3,(H,25,26)(H,27,31). The molecule has 2 aliphatic rings. The zero-order valence-corrected chi connectivity index (χ0v) is 20.3. The molecular weight excluding hydrogens is 454 g/mol. The fourth-order valence-electron chi connectivity index (χ4n) is 4.72. The normalized spacial score (nSPS) is 19.2. The number of aryl methyl sites for hydroxylation is 1. The number of carbonyl (C=O) groups is 1. The van der Waals surface area contributed by atoms with E-state index in [1.165, 1.54) is 0 Å². The summed E-state index contributed by atoms with van der Waals surface area (Å²) in [5, 5.41) is 15.4. The van der Waals surface area contributed by atoms with Gasteiger partial charge in [-0.15, -0.1) is 0 Å². The van der Waals surface area contributed by atoms with Gasteiger partial charge in [-0.3, -0.25) is 9.52 Å². The summed E-state index contributed by atoms with van der Waals surface area (Å²) in [6.45, 7) is 3.90. The van der Waals surface area contributed by atoms with E-state index in [0.717, 1.165) is 63.3 Å². The molecule has 1 unspecified atom stereocenters. The zero-order valence-electron chi connectivity index (χ0n) is 19.5. The minimum atomic E-state index is -3.67. The maximum absolute atomic E-state index is 13.4. The van der Waals surface area contributed by atoms with Crippen LogP contribution in [0.3, 0.4) is 0 Å². The SMILES string of the molecule is Cc1cc2cc(n1)NCCCCC1CCCN(C1)c1cc(NS(=O)(=O)CCO)ccc1C(=O)N2. The third-order valence-electron chi connectivity index (χ3n) is 6.29. The maximum atomic E-state index is 13.4. The van der Waals surface area contributed by atoms with E-state index in [1.54, 1.807) is 18.2 Å². The predicted octanol–water partition coefficient (Wildman–Crippen LogP) is 3.19. The second kappa shape index (κ2) is 10.6. The van der Waals surface area contributed by atoms with Crippen molar-refractivity contribution in [3.63, 3.8) is 0 Å². The number of amides is 1. The Bertz CT molecular complexity index is 1140. The molecule has 4 rings (SSSR count). The molecule has 1 aromatic carbocycles. The molecule has 1 amide bonds. The number of sulfonamides is 1. The first-order valence-corrected chi connectivity index (χ1v) is 13.5. The molecule has 0 spiro atoms. The molecule has 1 saturated heterocycles. The van der Waals surface area contributed by atoms with Crippen LogP contribution in [0, 0.1) is 12.8 Å². The Morgan fingerprint density at radius 2 is 2.00 bits per heavy atom. The average Bonchev–Trinajstić information content (AvgIpc) is 2.78. The molecule has 4 N–H and O–H groups in total. The van der Waals surface area contributed by atoms with Crippen LogP contribution in [0.25, 0.3) is 0 Å². The number of benzene rings is 1. The highest BCUT2D eigenvalue weighted by atomic mass is 32.2. The second-order valence-electron chi connectivity index (χ2n) is 9.09. The highest BCUT2D eigenvalue weighted by molar-refractivity contribution is 7.92. The first kappa shape index (κ1) is 24.3. The number of nitrogens with zero attached hydrogens (tertiary/aromatic N) is 2. The van der Waals surface area contributed by atoms with Crippen molar-refractivity contribution in [1.82, 2.24) is 4.98 Å². The summed E-state index contributed by atoms with van der Waals surface area (Å²) in [5.74, 6) is 0.620. The van der Waals surface area contributed by atoms with Crippen LogP contribution in [-0.4, -0.2) is 56.4 Å². The largest absolute Gasteiger partial charge is 0.395 e. The van der Waals surface area contributed by atoms with Crippen molar-refractivity contribution in [3.8, 4) is 0 Å². The number of aliphatic hydroxyl groups excluding tert-OH is 1. The molecule has 0 aliphatic carbocycles. The third-order valence-corrected chi connectivity index (χ3v) is 7.56. The van der Waals surface area contributed by atoms with Crippen molar-refractivity contribution < 1.29 is 18.3 Å². The van der Waals surface area contributed by atoms with Crippen molar-refractivity contribution in [1.29, 1.82) is 0 Å². The Morgan fingerprint density at radius 3 is 2.82 bits per heavy atom. The average molecular weight is 488 g/mol. The number of piperidine rings is 1. The van der Waals surface area contributed by atoms with Crippen LogP contribution < -0.4 is 20.3 Å². The van der Waals surface area contributed by atoms with Crippen molar-refractivity contribution in [2.24, 2.45) is 5.92 Å². The van der Waals surface area contributed by atoms with Gasteiger partial charge >= 0.3 is 0 Å². The molecule has 2 aromatic rings. The monoisotopic (exact) mass is 487 g/mol. The lowest BCUT2D eigenvalue weighted by atomic mass is 9.92. The molecule has 10 heteroatoms. The van der Waals surface area contributed by atoms with Crippen LogP contribution >= 0.6 is 0 Å². The Labute approximate surface area is 201 Å². The van der Waals surface area contributed by atoms with Crippen molar-refractivity contribution >= 4 is 38.8 Å². The van der Waals surface area contributed by atoms with Crippen molar-refractivity contribution in [3.05, 3.63) is 41.6 Å². The lowest BCUT2D eigenvalue weighted by molar-refractivity contribution is 0.102. The molecule has 1 fully saturated rings. The van der Waals surface area contributed by atoms with E-state index in [-0.39, 0.29) is 11.7 Å². The number of hydrogen-bond acceptors (Lipinski definition) is 7. The summed E-state index contributed by atoms with van der Waals surface area (Å²) in [6, 6.07) is 8.65. The molecule has 9 nitrogen and oxygen atoms in total. The Balaban J connectivity index is 1.71. The van der Waals surface area contributed by atoms with Crippen LogP contribution in [0.1, 0.15) is 48.2 Å². The molecule has 4 bridgehead atoms. The van der Waals surface area contributed by atoms with Crippen LogP contribution in [0.15, 0.2) is 30.3 Å². The summed E-state index contributed by atoms with van der Waals surface area (Å²) >= 11 is 0. The van der Waals surface area contributed by atoms with Crippen LogP contribution in [0.2, 0.25) is 0 Å². The molecule has 184 valence electrons. The number of carbonyl (C=O) groups excluding carboxylic acids is 1. The van der Waals surface area contributed by atoms with E-state index < -0.39 is 16.6 Å². The van der Waals surface area contributed by atoms with Crippen molar-refractivity contribution in [2.45, 2.75) is 39.0 Å². The van der Waals surface area contributed by atoms with Gasteiger partial charge < -0.3 is 20.6 Å². The molecular formula is C24H33N5O4S. The Hall–Kier alpha value is -2.85. The first-order chi connectivity index (χ1) is 16.3. The summed E-state index contributed by atoms with van der Waals surface area (Å²) in [5.41, 5.74) is 3.05. The van der Waals surface area contributed by atoms with Gasteiger partial charge in [-0.05, 0) is 62.8 Å². The lowest BCUT2D eigenvalue weighted by Crippen LogP contribution is -2.36. The van der Waals surface area contributed by atoms with Gasteiger partial charge in [0.2, 0.25) is 10.0 Å². The predicted molar refractivity (Wildman–Crippen MR) is 135 cm³/mol. The lowest BCUT2D eigenvalue weighted by Gasteiger charge is -2.35. The van der Waals surface area contributed by atoms with E-state index in [4.69, 9.17) is 5.11 Å². The zero-order chi connectivity index (χ0) is 24.1. The molecule has 1 atom stereocenters. The molecule has 3 heterocycles. The van der Waals surface area contributed by atoms with E-state index in [9.17, 15) is 13.2 Å².